The molecule has 0 amide bonds. The molecule has 0 spiro atoms. The van der Waals surface area contributed by atoms with Gasteiger partial charge in [-0.15, -0.1) is 0 Å². The van der Waals surface area contributed by atoms with Gasteiger partial charge in [0.2, 0.25) is 0 Å². The van der Waals surface area contributed by atoms with Crippen molar-refractivity contribution in [3.63, 3.8) is 0 Å². The summed E-state index contributed by atoms with van der Waals surface area (Å²) in [6, 6.07) is 9.43. The molecular formula is C17H18N4O5S. The minimum absolute atomic E-state index is 0.0496. The highest BCUT2D eigenvalue weighted by atomic mass is 32.2. The van der Waals surface area contributed by atoms with E-state index in [1.54, 1.807) is 25.1 Å². The van der Waals surface area contributed by atoms with Crippen LogP contribution in [0.4, 0.5) is 17.3 Å². The van der Waals surface area contributed by atoms with Gasteiger partial charge in [-0.05, 0) is 31.2 Å². The van der Waals surface area contributed by atoms with Crippen molar-refractivity contribution in [2.45, 2.75) is 11.8 Å². The van der Waals surface area contributed by atoms with E-state index in [2.05, 4.69) is 20.2 Å². The van der Waals surface area contributed by atoms with E-state index in [9.17, 15) is 8.42 Å². The number of hydrogen-bond acceptors (Lipinski definition) is 8. The average molecular weight is 390 g/mol. The van der Waals surface area contributed by atoms with Crippen LogP contribution in [0.3, 0.4) is 0 Å². The Labute approximate surface area is 156 Å². The number of rotatable bonds is 7. The van der Waals surface area contributed by atoms with Crippen LogP contribution in [0.1, 0.15) is 5.76 Å². The zero-order valence-corrected chi connectivity index (χ0v) is 15.7. The highest BCUT2D eigenvalue weighted by Gasteiger charge is 2.21. The van der Waals surface area contributed by atoms with Crippen molar-refractivity contribution < 1.29 is 22.4 Å². The Morgan fingerprint density at radius 2 is 1.85 bits per heavy atom. The first-order valence-corrected chi connectivity index (χ1v) is 9.31. The van der Waals surface area contributed by atoms with E-state index in [4.69, 9.17) is 14.0 Å². The zero-order chi connectivity index (χ0) is 19.4. The van der Waals surface area contributed by atoms with E-state index in [0.29, 0.717) is 23.0 Å². The molecule has 2 heterocycles. The Morgan fingerprint density at radius 3 is 2.44 bits per heavy atom. The molecule has 0 fully saturated rings. The lowest BCUT2D eigenvalue weighted by molar-refractivity contribution is 0.392. The largest absolute Gasteiger partial charge is 0.497 e. The van der Waals surface area contributed by atoms with Crippen molar-refractivity contribution in [3.8, 4) is 11.5 Å². The van der Waals surface area contributed by atoms with Gasteiger partial charge in [-0.1, -0.05) is 5.16 Å². The van der Waals surface area contributed by atoms with Crippen LogP contribution >= 0.6 is 0 Å². The van der Waals surface area contributed by atoms with Gasteiger partial charge in [0.25, 0.3) is 10.0 Å². The van der Waals surface area contributed by atoms with Gasteiger partial charge in [-0.3, -0.25) is 4.72 Å². The molecule has 2 aromatic heterocycles. The molecule has 3 aromatic rings. The first-order chi connectivity index (χ1) is 12.9. The third-order valence-corrected chi connectivity index (χ3v) is 4.94. The Bertz CT molecular complexity index is 1030. The topological polar surface area (TPSA) is 116 Å². The van der Waals surface area contributed by atoms with Gasteiger partial charge in [-0.2, -0.15) is 0 Å². The first-order valence-electron chi connectivity index (χ1n) is 7.82. The molecule has 0 bridgehead atoms. The molecule has 0 unspecified atom stereocenters. The lowest BCUT2D eigenvalue weighted by atomic mass is 10.3. The first kappa shape index (κ1) is 18.5. The molecule has 0 aliphatic heterocycles. The molecule has 1 aromatic carbocycles. The molecule has 3 rings (SSSR count). The fourth-order valence-electron chi connectivity index (χ4n) is 2.29. The number of aromatic nitrogens is 2. The summed E-state index contributed by atoms with van der Waals surface area (Å²) in [5.41, 5.74) is 0.630. The molecule has 2 N–H and O–H groups in total. The number of nitrogens with one attached hydrogen (secondary N) is 2. The number of anilines is 3. The predicted octanol–water partition coefficient (Wildman–Crippen LogP) is 2.94. The van der Waals surface area contributed by atoms with Crippen LogP contribution < -0.4 is 19.5 Å². The highest BCUT2D eigenvalue weighted by Crippen LogP contribution is 2.29. The summed E-state index contributed by atoms with van der Waals surface area (Å²) in [5.74, 6) is 1.95. The minimum Gasteiger partial charge on any atom is -0.497 e. The number of pyridine rings is 1. The number of nitrogens with zero attached hydrogens (tertiary/aromatic N) is 2. The summed E-state index contributed by atoms with van der Waals surface area (Å²) in [6.07, 6.45) is 1.48. The monoisotopic (exact) mass is 390 g/mol. The maximum absolute atomic E-state index is 12.7. The fourth-order valence-corrected chi connectivity index (χ4v) is 3.48. The number of methoxy groups -OCH3 is 2. The zero-order valence-electron chi connectivity index (χ0n) is 14.9. The van der Waals surface area contributed by atoms with Gasteiger partial charge in [0.1, 0.15) is 28.0 Å². The molecule has 142 valence electrons. The molecule has 9 nitrogen and oxygen atoms in total. The number of hydrogen-bond donors (Lipinski definition) is 2. The molecule has 0 radical (unpaired) electrons. The summed E-state index contributed by atoms with van der Waals surface area (Å²) in [7, 11) is -1.07. The van der Waals surface area contributed by atoms with Gasteiger partial charge in [0.05, 0.1) is 26.1 Å². The Balaban J connectivity index is 1.80. The van der Waals surface area contributed by atoms with Crippen molar-refractivity contribution in [2.75, 3.05) is 24.3 Å². The molecule has 27 heavy (non-hydrogen) atoms. The normalized spacial score (nSPS) is 11.1. The maximum atomic E-state index is 12.7. The van der Waals surface area contributed by atoms with Crippen LogP contribution in [-0.2, 0) is 10.0 Å². The summed E-state index contributed by atoms with van der Waals surface area (Å²) in [6.45, 7) is 1.78. The second kappa shape index (κ2) is 7.54. The van der Waals surface area contributed by atoms with Gasteiger partial charge < -0.3 is 19.3 Å². The molecule has 0 atom stereocenters. The minimum atomic E-state index is -3.92. The van der Waals surface area contributed by atoms with E-state index >= 15 is 0 Å². The van der Waals surface area contributed by atoms with Crippen LogP contribution in [0.2, 0.25) is 0 Å². The molecule has 0 saturated carbocycles. The van der Waals surface area contributed by atoms with Gasteiger partial charge in [0.15, 0.2) is 5.82 Å². The highest BCUT2D eigenvalue weighted by molar-refractivity contribution is 7.92. The summed E-state index contributed by atoms with van der Waals surface area (Å²) >= 11 is 0. The van der Waals surface area contributed by atoms with Crippen molar-refractivity contribution in [3.05, 3.63) is 48.4 Å². The van der Waals surface area contributed by atoms with E-state index in [1.165, 1.54) is 38.6 Å². The third-order valence-electron chi connectivity index (χ3n) is 3.56. The standard InChI is InChI=1S/C17H18N4O5S/c1-11-8-17(20-26-11)19-12-4-7-16(18-10-12)21-27(22,23)15-9-13(24-2)5-6-14(15)25-3/h4-10H,1-3H3,(H,18,21)(H,19,20). The Morgan fingerprint density at radius 1 is 1.04 bits per heavy atom. The molecule has 0 aliphatic rings. The van der Waals surface area contributed by atoms with Gasteiger partial charge >= 0.3 is 0 Å². The van der Waals surface area contributed by atoms with Crippen LogP contribution in [0, 0.1) is 6.92 Å². The molecular weight excluding hydrogens is 372 g/mol. The molecule has 10 heteroatoms. The summed E-state index contributed by atoms with van der Waals surface area (Å²) < 4.78 is 43.0. The van der Waals surface area contributed by atoms with E-state index in [1.807, 2.05) is 0 Å². The molecule has 0 aliphatic carbocycles. The summed E-state index contributed by atoms with van der Waals surface area (Å²) in [5, 5.41) is 6.82. The van der Waals surface area contributed by atoms with Crippen molar-refractivity contribution in [1.82, 2.24) is 10.1 Å². The van der Waals surface area contributed by atoms with E-state index in [0.717, 1.165) is 0 Å². The Hall–Kier alpha value is -3.27. The lowest BCUT2D eigenvalue weighted by Gasteiger charge is -2.12. The van der Waals surface area contributed by atoms with Crippen LogP contribution in [0.5, 0.6) is 11.5 Å². The second-order valence-electron chi connectivity index (χ2n) is 5.50. The smallest absolute Gasteiger partial charge is 0.266 e. The lowest BCUT2D eigenvalue weighted by Crippen LogP contribution is -2.15. The second-order valence-corrected chi connectivity index (χ2v) is 7.15. The molecule has 0 saturated heterocycles. The number of benzene rings is 1. The van der Waals surface area contributed by atoms with Crippen molar-refractivity contribution >= 4 is 27.3 Å². The average Bonchev–Trinajstić information content (AvgIpc) is 3.07. The van der Waals surface area contributed by atoms with E-state index in [-0.39, 0.29) is 16.5 Å². The third kappa shape index (κ3) is 4.29. The Kier molecular flexibility index (Phi) is 5.17. The summed E-state index contributed by atoms with van der Waals surface area (Å²) in [4.78, 5) is 4.06. The van der Waals surface area contributed by atoms with Crippen molar-refractivity contribution in [2.24, 2.45) is 0 Å². The predicted molar refractivity (Wildman–Crippen MR) is 99.1 cm³/mol. The number of aryl methyl sites for hydroxylation is 1. The maximum Gasteiger partial charge on any atom is 0.266 e. The van der Waals surface area contributed by atoms with Gasteiger partial charge in [-0.25, -0.2) is 13.4 Å². The van der Waals surface area contributed by atoms with Crippen molar-refractivity contribution in [1.29, 1.82) is 0 Å². The SMILES string of the molecule is COc1ccc(OC)c(S(=O)(=O)Nc2ccc(Nc3cc(C)on3)cn2)c1. The van der Waals surface area contributed by atoms with Gasteiger partial charge in [0, 0.05) is 12.1 Å². The van der Waals surface area contributed by atoms with Crippen LogP contribution in [0.25, 0.3) is 0 Å². The quantitative estimate of drug-likeness (QED) is 0.633. The van der Waals surface area contributed by atoms with Crippen LogP contribution in [-0.4, -0.2) is 32.8 Å². The fraction of sp³-hybridized carbons (Fsp3) is 0.176. The van der Waals surface area contributed by atoms with Crippen LogP contribution in [0.15, 0.2) is 52.0 Å². The van der Waals surface area contributed by atoms with E-state index < -0.39 is 10.0 Å². The number of ether oxygens (including phenoxy) is 2. The number of sulfonamides is 1.